The van der Waals surface area contributed by atoms with Crippen molar-refractivity contribution in [1.29, 1.82) is 0 Å². The van der Waals surface area contributed by atoms with Crippen molar-refractivity contribution < 1.29 is 14.3 Å². The lowest BCUT2D eigenvalue weighted by Crippen LogP contribution is -2.36. The minimum absolute atomic E-state index is 0.180. The molecule has 0 radical (unpaired) electrons. The minimum Gasteiger partial charge on any atom is -0.459 e. The van der Waals surface area contributed by atoms with E-state index in [9.17, 15) is 4.79 Å². The van der Waals surface area contributed by atoms with E-state index in [2.05, 4.69) is 18.8 Å². The lowest BCUT2D eigenvalue weighted by atomic mass is 10.1. The van der Waals surface area contributed by atoms with E-state index in [4.69, 9.17) is 9.47 Å². The molecule has 90 valence electrons. The number of ether oxygens (including phenoxy) is 2. The summed E-state index contributed by atoms with van der Waals surface area (Å²) in [6.45, 7) is 4.28. The Balaban J connectivity index is 2.45. The average molecular weight is 224 g/mol. The maximum atomic E-state index is 10.9. The van der Waals surface area contributed by atoms with Crippen LogP contribution < -0.4 is 0 Å². The van der Waals surface area contributed by atoms with Gasteiger partial charge in [0.05, 0.1) is 0 Å². The summed E-state index contributed by atoms with van der Waals surface area (Å²) in [5, 5.41) is 0. The predicted molar refractivity (Wildman–Crippen MR) is 61.8 cm³/mol. The summed E-state index contributed by atoms with van der Waals surface area (Å²) in [7, 11) is 0. The van der Waals surface area contributed by atoms with Crippen LogP contribution in [0.15, 0.2) is 0 Å². The molecule has 2 atom stereocenters. The van der Waals surface area contributed by atoms with Crippen LogP contribution in [0.1, 0.15) is 46.0 Å². The molecule has 0 aromatic rings. The van der Waals surface area contributed by atoms with Crippen LogP contribution in [0.4, 0.5) is 0 Å². The van der Waals surface area contributed by atoms with Crippen LogP contribution in [0.3, 0.4) is 0 Å². The fraction of sp³-hybridized carbons (Fsp3) is 0.769. The van der Waals surface area contributed by atoms with Gasteiger partial charge in [-0.3, -0.25) is 4.79 Å². The lowest BCUT2D eigenvalue weighted by molar-refractivity contribution is -0.156. The molecule has 16 heavy (non-hydrogen) atoms. The second-order valence-corrected chi connectivity index (χ2v) is 4.01. The van der Waals surface area contributed by atoms with Crippen LogP contribution in [-0.4, -0.2) is 24.8 Å². The molecule has 0 amide bonds. The molecule has 0 unspecified atom stereocenters. The maximum absolute atomic E-state index is 10.9. The van der Waals surface area contributed by atoms with Gasteiger partial charge in [-0.1, -0.05) is 19.3 Å². The third-order valence-electron chi connectivity index (χ3n) is 2.49. The third-order valence-corrected chi connectivity index (χ3v) is 2.49. The number of rotatable bonds is 3. The highest BCUT2D eigenvalue weighted by atomic mass is 16.6. The molecule has 0 N–H and O–H groups in total. The van der Waals surface area contributed by atoms with E-state index in [1.54, 1.807) is 0 Å². The van der Waals surface area contributed by atoms with E-state index in [0.717, 1.165) is 32.1 Å². The van der Waals surface area contributed by atoms with Crippen molar-refractivity contribution in [3.8, 4) is 11.8 Å². The van der Waals surface area contributed by atoms with Crippen LogP contribution in [0.5, 0.6) is 0 Å². The fourth-order valence-electron chi connectivity index (χ4n) is 1.66. The zero-order chi connectivity index (χ0) is 11.8. The SMILES string of the molecule is CCCCC#C[C@@H]1OCCC[C@H]1OC(C)=O. The van der Waals surface area contributed by atoms with Crippen LogP contribution >= 0.6 is 0 Å². The van der Waals surface area contributed by atoms with Gasteiger partial charge in [0.1, 0.15) is 6.10 Å². The Morgan fingerprint density at radius 3 is 3.06 bits per heavy atom. The van der Waals surface area contributed by atoms with Crippen molar-refractivity contribution in [1.82, 2.24) is 0 Å². The summed E-state index contributed by atoms with van der Waals surface area (Å²) in [6.07, 6.45) is 4.53. The Morgan fingerprint density at radius 2 is 2.38 bits per heavy atom. The monoisotopic (exact) mass is 224 g/mol. The first-order valence-electron chi connectivity index (χ1n) is 6.01. The molecule has 1 aliphatic heterocycles. The van der Waals surface area contributed by atoms with Gasteiger partial charge in [0.15, 0.2) is 6.10 Å². The van der Waals surface area contributed by atoms with Gasteiger partial charge in [-0.25, -0.2) is 0 Å². The van der Waals surface area contributed by atoms with Gasteiger partial charge < -0.3 is 9.47 Å². The smallest absolute Gasteiger partial charge is 0.303 e. The van der Waals surface area contributed by atoms with Crippen LogP contribution in [0.25, 0.3) is 0 Å². The molecule has 1 heterocycles. The maximum Gasteiger partial charge on any atom is 0.303 e. The van der Waals surface area contributed by atoms with Crippen LogP contribution in [-0.2, 0) is 14.3 Å². The van der Waals surface area contributed by atoms with Crippen molar-refractivity contribution >= 4 is 5.97 Å². The summed E-state index contributed by atoms with van der Waals surface area (Å²) in [5.74, 6) is 5.90. The molecule has 1 fully saturated rings. The summed E-state index contributed by atoms with van der Waals surface area (Å²) < 4.78 is 10.7. The van der Waals surface area contributed by atoms with Gasteiger partial charge >= 0.3 is 5.97 Å². The van der Waals surface area contributed by atoms with Crippen molar-refractivity contribution in [3.05, 3.63) is 0 Å². The van der Waals surface area contributed by atoms with Crippen molar-refractivity contribution in [3.63, 3.8) is 0 Å². The van der Waals surface area contributed by atoms with Gasteiger partial charge in [-0.15, -0.1) is 5.92 Å². The van der Waals surface area contributed by atoms with Crippen LogP contribution in [0.2, 0.25) is 0 Å². The Hall–Kier alpha value is -1.01. The van der Waals surface area contributed by atoms with Gasteiger partial charge in [-0.05, 0) is 19.3 Å². The molecule has 0 saturated carbocycles. The molecule has 0 bridgehead atoms. The second-order valence-electron chi connectivity index (χ2n) is 4.01. The molecular formula is C13H20O3. The quantitative estimate of drug-likeness (QED) is 0.419. The molecule has 1 saturated heterocycles. The summed E-state index contributed by atoms with van der Waals surface area (Å²) in [4.78, 5) is 10.9. The summed E-state index contributed by atoms with van der Waals surface area (Å²) >= 11 is 0. The normalized spacial score (nSPS) is 24.4. The molecule has 0 aliphatic carbocycles. The van der Waals surface area contributed by atoms with Gasteiger partial charge in [-0.2, -0.15) is 0 Å². The first-order valence-corrected chi connectivity index (χ1v) is 6.01. The first-order chi connectivity index (χ1) is 7.74. The van der Waals surface area contributed by atoms with E-state index < -0.39 is 0 Å². The number of hydrogen-bond acceptors (Lipinski definition) is 3. The molecule has 1 rings (SSSR count). The van der Waals surface area contributed by atoms with Crippen molar-refractivity contribution in [2.45, 2.75) is 58.2 Å². The van der Waals surface area contributed by atoms with Crippen LogP contribution in [0, 0.1) is 11.8 Å². The molecule has 0 aromatic carbocycles. The lowest BCUT2D eigenvalue weighted by Gasteiger charge is -2.27. The highest BCUT2D eigenvalue weighted by Gasteiger charge is 2.26. The number of carbonyl (C=O) groups is 1. The topological polar surface area (TPSA) is 35.5 Å². The zero-order valence-corrected chi connectivity index (χ0v) is 10.1. The molecule has 3 nitrogen and oxygen atoms in total. The minimum atomic E-state index is -0.254. The number of unbranched alkanes of at least 4 members (excludes halogenated alkanes) is 2. The van der Waals surface area contributed by atoms with Gasteiger partial charge in [0.25, 0.3) is 0 Å². The highest BCUT2D eigenvalue weighted by Crippen LogP contribution is 2.17. The number of carbonyl (C=O) groups excluding carboxylic acids is 1. The Bertz CT molecular complexity index is 275. The largest absolute Gasteiger partial charge is 0.459 e. The van der Waals surface area contributed by atoms with Gasteiger partial charge in [0.2, 0.25) is 0 Å². The van der Waals surface area contributed by atoms with Gasteiger partial charge in [0, 0.05) is 20.0 Å². The molecule has 0 aromatic heterocycles. The second kappa shape index (κ2) is 7.29. The van der Waals surface area contributed by atoms with Crippen molar-refractivity contribution in [2.24, 2.45) is 0 Å². The van der Waals surface area contributed by atoms with E-state index in [0.29, 0.717) is 6.61 Å². The number of esters is 1. The predicted octanol–water partition coefficient (Wildman–Crippen LogP) is 2.29. The first kappa shape index (κ1) is 13.1. The summed E-state index contributed by atoms with van der Waals surface area (Å²) in [6, 6.07) is 0. The molecular weight excluding hydrogens is 204 g/mol. The van der Waals surface area contributed by atoms with E-state index in [-0.39, 0.29) is 18.2 Å². The highest BCUT2D eigenvalue weighted by molar-refractivity contribution is 5.66. The average Bonchev–Trinajstić information content (AvgIpc) is 2.26. The Morgan fingerprint density at radius 1 is 1.56 bits per heavy atom. The Labute approximate surface area is 97.5 Å². The Kier molecular flexibility index (Phi) is 5.95. The van der Waals surface area contributed by atoms with Crippen molar-refractivity contribution in [2.75, 3.05) is 6.61 Å². The third kappa shape index (κ3) is 4.67. The molecule has 1 aliphatic rings. The fourth-order valence-corrected chi connectivity index (χ4v) is 1.66. The van der Waals surface area contributed by atoms with E-state index in [1.165, 1.54) is 6.92 Å². The molecule has 3 heteroatoms. The van der Waals surface area contributed by atoms with E-state index in [1.807, 2.05) is 0 Å². The number of hydrogen-bond donors (Lipinski definition) is 0. The van der Waals surface area contributed by atoms with E-state index >= 15 is 0 Å². The zero-order valence-electron chi connectivity index (χ0n) is 10.1. The standard InChI is InChI=1S/C13H20O3/c1-3-4-5-6-8-12-13(16-11(2)14)9-7-10-15-12/h12-13H,3-5,7,9-10H2,1-2H3/t12-,13+/m0/s1. The summed E-state index contributed by atoms with van der Waals surface area (Å²) in [5.41, 5.74) is 0. The molecule has 0 spiro atoms.